The fraction of sp³-hybridized carbons (Fsp3) is 0.333. The number of nitrogens with one attached hydrogen (secondary N) is 1. The van der Waals surface area contributed by atoms with Crippen LogP contribution in [0, 0.1) is 5.92 Å². The number of carbonyl (C=O) groups excluding carboxylic acids is 2. The third-order valence-corrected chi connectivity index (χ3v) is 4.86. The summed E-state index contributed by atoms with van der Waals surface area (Å²) in [5.74, 6) is -2.20. The number of carbonyl (C=O) groups is 2. The van der Waals surface area contributed by atoms with E-state index >= 15 is 0 Å². The van der Waals surface area contributed by atoms with Crippen molar-refractivity contribution in [3.05, 3.63) is 71.3 Å². The van der Waals surface area contributed by atoms with Crippen molar-refractivity contribution >= 4 is 11.8 Å². The van der Waals surface area contributed by atoms with Gasteiger partial charge < -0.3 is 10.2 Å². The fourth-order valence-electron chi connectivity index (χ4n) is 3.26. The highest BCUT2D eigenvalue weighted by atomic mass is 19.4. The van der Waals surface area contributed by atoms with Gasteiger partial charge in [-0.3, -0.25) is 9.59 Å². The Hall–Kier alpha value is -2.83. The molecule has 2 aromatic rings. The number of piperidine rings is 1. The Bertz CT molecular complexity index is 820. The first-order chi connectivity index (χ1) is 13.3. The SMILES string of the molecule is O=C(NCc1ccccc1)c1ccc(C(=O)N2CCCC(C(F)(F)F)C2)cc1. The lowest BCUT2D eigenvalue weighted by molar-refractivity contribution is -0.184. The van der Waals surface area contributed by atoms with E-state index in [0.29, 0.717) is 25.1 Å². The Morgan fingerprint density at radius 1 is 1.00 bits per heavy atom. The Balaban J connectivity index is 1.60. The molecule has 0 saturated carbocycles. The summed E-state index contributed by atoms with van der Waals surface area (Å²) in [5.41, 5.74) is 1.63. The molecule has 1 aliphatic heterocycles. The maximum atomic E-state index is 12.9. The summed E-state index contributed by atoms with van der Waals surface area (Å²) in [5, 5.41) is 2.79. The van der Waals surface area contributed by atoms with Crippen molar-refractivity contribution in [1.29, 1.82) is 0 Å². The van der Waals surface area contributed by atoms with Crippen LogP contribution in [0.1, 0.15) is 39.1 Å². The molecule has 2 amide bonds. The second kappa shape index (κ2) is 8.46. The molecule has 0 radical (unpaired) electrons. The van der Waals surface area contributed by atoms with Gasteiger partial charge in [0.2, 0.25) is 0 Å². The molecule has 0 spiro atoms. The van der Waals surface area contributed by atoms with E-state index in [1.807, 2.05) is 30.3 Å². The molecule has 1 N–H and O–H groups in total. The van der Waals surface area contributed by atoms with Crippen molar-refractivity contribution in [1.82, 2.24) is 10.2 Å². The minimum absolute atomic E-state index is 0.0494. The van der Waals surface area contributed by atoms with E-state index in [2.05, 4.69) is 5.32 Å². The topological polar surface area (TPSA) is 49.4 Å². The highest BCUT2D eigenvalue weighted by Crippen LogP contribution is 2.33. The van der Waals surface area contributed by atoms with Crippen LogP contribution in [0.4, 0.5) is 13.2 Å². The molecule has 1 heterocycles. The lowest BCUT2D eigenvalue weighted by atomic mass is 9.97. The summed E-state index contributed by atoms with van der Waals surface area (Å²) in [6.45, 7) is 0.374. The van der Waals surface area contributed by atoms with E-state index in [9.17, 15) is 22.8 Å². The smallest absolute Gasteiger partial charge is 0.348 e. The predicted molar refractivity (Wildman–Crippen MR) is 98.7 cm³/mol. The average Bonchev–Trinajstić information content (AvgIpc) is 2.72. The molecule has 2 aromatic carbocycles. The zero-order valence-corrected chi connectivity index (χ0v) is 15.2. The number of amides is 2. The van der Waals surface area contributed by atoms with E-state index < -0.39 is 18.0 Å². The summed E-state index contributed by atoms with van der Waals surface area (Å²) in [4.78, 5) is 26.0. The van der Waals surface area contributed by atoms with E-state index in [4.69, 9.17) is 0 Å². The maximum absolute atomic E-state index is 12.9. The van der Waals surface area contributed by atoms with Crippen LogP contribution in [0.5, 0.6) is 0 Å². The normalized spacial score (nSPS) is 17.2. The minimum atomic E-state index is -4.29. The van der Waals surface area contributed by atoms with Crippen molar-refractivity contribution in [2.75, 3.05) is 13.1 Å². The van der Waals surface area contributed by atoms with Gasteiger partial charge in [0.25, 0.3) is 11.8 Å². The Labute approximate surface area is 161 Å². The van der Waals surface area contributed by atoms with Crippen LogP contribution in [0.2, 0.25) is 0 Å². The summed E-state index contributed by atoms with van der Waals surface area (Å²) in [7, 11) is 0. The number of hydrogen-bond acceptors (Lipinski definition) is 2. The van der Waals surface area contributed by atoms with E-state index in [1.54, 1.807) is 0 Å². The predicted octanol–water partition coefficient (Wildman–Crippen LogP) is 4.03. The quantitative estimate of drug-likeness (QED) is 0.857. The molecule has 0 aromatic heterocycles. The van der Waals surface area contributed by atoms with Gasteiger partial charge in [0.1, 0.15) is 0 Å². The van der Waals surface area contributed by atoms with Gasteiger partial charge in [-0.05, 0) is 42.7 Å². The lowest BCUT2D eigenvalue weighted by Crippen LogP contribution is -2.44. The van der Waals surface area contributed by atoms with Gasteiger partial charge in [-0.15, -0.1) is 0 Å². The van der Waals surface area contributed by atoms with Crippen LogP contribution in [-0.4, -0.2) is 36.0 Å². The molecule has 1 aliphatic rings. The van der Waals surface area contributed by atoms with Crippen LogP contribution in [0.25, 0.3) is 0 Å². The molecule has 0 aliphatic carbocycles. The highest BCUT2D eigenvalue weighted by Gasteiger charge is 2.42. The molecule has 1 fully saturated rings. The van der Waals surface area contributed by atoms with Crippen LogP contribution in [-0.2, 0) is 6.54 Å². The van der Waals surface area contributed by atoms with Crippen LogP contribution < -0.4 is 5.32 Å². The zero-order valence-electron chi connectivity index (χ0n) is 15.2. The number of hydrogen-bond donors (Lipinski definition) is 1. The van der Waals surface area contributed by atoms with Gasteiger partial charge in [0.15, 0.2) is 0 Å². The van der Waals surface area contributed by atoms with Crippen molar-refractivity contribution < 1.29 is 22.8 Å². The molecule has 28 heavy (non-hydrogen) atoms. The van der Waals surface area contributed by atoms with Gasteiger partial charge in [0, 0.05) is 30.8 Å². The summed E-state index contributed by atoms with van der Waals surface area (Å²) in [6, 6.07) is 15.4. The molecular weight excluding hydrogens is 369 g/mol. The molecule has 0 bridgehead atoms. The van der Waals surface area contributed by atoms with Crippen LogP contribution >= 0.6 is 0 Å². The standard InChI is InChI=1S/C21H21F3N2O2/c22-21(23,24)18-7-4-12-26(14-18)20(28)17-10-8-16(9-11-17)19(27)25-13-15-5-2-1-3-6-15/h1-3,5-6,8-11,18H,4,7,12-14H2,(H,25,27). The average molecular weight is 390 g/mol. The first-order valence-electron chi connectivity index (χ1n) is 9.13. The van der Waals surface area contributed by atoms with E-state index in [-0.39, 0.29) is 24.4 Å². The Morgan fingerprint density at radius 2 is 1.64 bits per heavy atom. The van der Waals surface area contributed by atoms with E-state index in [0.717, 1.165) is 5.56 Å². The first-order valence-corrected chi connectivity index (χ1v) is 9.13. The Morgan fingerprint density at radius 3 is 2.29 bits per heavy atom. The summed E-state index contributed by atoms with van der Waals surface area (Å²) >= 11 is 0. The van der Waals surface area contributed by atoms with Gasteiger partial charge >= 0.3 is 6.18 Å². The number of nitrogens with zero attached hydrogens (tertiary/aromatic N) is 1. The maximum Gasteiger partial charge on any atom is 0.393 e. The van der Waals surface area contributed by atoms with Crippen molar-refractivity contribution in [2.24, 2.45) is 5.92 Å². The van der Waals surface area contributed by atoms with Crippen molar-refractivity contribution in [2.45, 2.75) is 25.6 Å². The molecule has 7 heteroatoms. The molecule has 1 saturated heterocycles. The molecular formula is C21H21F3N2O2. The van der Waals surface area contributed by atoms with Gasteiger partial charge in [-0.1, -0.05) is 30.3 Å². The zero-order chi connectivity index (χ0) is 20.1. The van der Waals surface area contributed by atoms with Crippen molar-refractivity contribution in [3.8, 4) is 0 Å². The second-order valence-corrected chi connectivity index (χ2v) is 6.88. The largest absolute Gasteiger partial charge is 0.393 e. The number of alkyl halides is 3. The lowest BCUT2D eigenvalue weighted by Gasteiger charge is -2.33. The molecule has 1 unspecified atom stereocenters. The van der Waals surface area contributed by atoms with Gasteiger partial charge in [0.05, 0.1) is 5.92 Å². The number of likely N-dealkylation sites (tertiary alicyclic amines) is 1. The second-order valence-electron chi connectivity index (χ2n) is 6.88. The number of benzene rings is 2. The molecule has 3 rings (SSSR count). The third-order valence-electron chi connectivity index (χ3n) is 4.86. The summed E-state index contributed by atoms with van der Waals surface area (Å²) in [6.07, 6.45) is -3.91. The highest BCUT2D eigenvalue weighted by molar-refractivity contribution is 5.97. The number of halogens is 3. The fourth-order valence-corrected chi connectivity index (χ4v) is 3.26. The third kappa shape index (κ3) is 4.91. The summed E-state index contributed by atoms with van der Waals surface area (Å²) < 4.78 is 38.8. The monoisotopic (exact) mass is 390 g/mol. The number of rotatable bonds is 4. The van der Waals surface area contributed by atoms with Gasteiger partial charge in [-0.2, -0.15) is 13.2 Å². The van der Waals surface area contributed by atoms with Crippen LogP contribution in [0.3, 0.4) is 0 Å². The minimum Gasteiger partial charge on any atom is -0.348 e. The first kappa shape index (κ1) is 19.9. The van der Waals surface area contributed by atoms with Crippen molar-refractivity contribution in [3.63, 3.8) is 0 Å². The Kier molecular flexibility index (Phi) is 6.02. The molecule has 4 nitrogen and oxygen atoms in total. The molecule has 1 atom stereocenters. The van der Waals surface area contributed by atoms with E-state index in [1.165, 1.54) is 29.2 Å². The van der Waals surface area contributed by atoms with Crippen LogP contribution in [0.15, 0.2) is 54.6 Å². The van der Waals surface area contributed by atoms with Gasteiger partial charge in [-0.25, -0.2) is 0 Å². The molecule has 148 valence electrons.